The van der Waals surface area contributed by atoms with Crippen molar-refractivity contribution in [2.75, 3.05) is 7.05 Å². The second-order valence-corrected chi connectivity index (χ2v) is 8.30. The third kappa shape index (κ3) is 4.37. The molecule has 0 bridgehead atoms. The van der Waals surface area contributed by atoms with E-state index in [9.17, 15) is 4.79 Å². The molecular formula is C25H25N5O3. The van der Waals surface area contributed by atoms with Gasteiger partial charge in [0, 0.05) is 37.8 Å². The molecule has 1 aliphatic rings. The standard InChI is InChI=1S/C25H25N5O3/c1-29-15-19(14-26-29)23-21(12-13-22(31)30(23)2)25-27-24(28-33-25)18-10-8-17(9-11-18)16-32-20-6-4-3-5-7-20/h3-11,14-15,21,23H,12-13,16H2,1-2H3/t21-,23+/m0/s1. The largest absolute Gasteiger partial charge is 0.489 e. The smallest absolute Gasteiger partial charge is 0.232 e. The molecule has 5 rings (SSSR count). The number of nitrogens with zero attached hydrogens (tertiary/aromatic N) is 5. The van der Waals surface area contributed by atoms with Crippen molar-refractivity contribution < 1.29 is 14.1 Å². The van der Waals surface area contributed by atoms with E-state index in [0.717, 1.165) is 22.4 Å². The molecule has 0 unspecified atom stereocenters. The topological polar surface area (TPSA) is 86.3 Å². The monoisotopic (exact) mass is 443 g/mol. The number of ether oxygens (including phenoxy) is 1. The lowest BCUT2D eigenvalue weighted by molar-refractivity contribution is -0.135. The zero-order valence-corrected chi connectivity index (χ0v) is 18.6. The van der Waals surface area contributed by atoms with Crippen LogP contribution in [0.1, 0.15) is 41.8 Å². The number of aryl methyl sites for hydroxylation is 1. The number of carbonyl (C=O) groups excluding carboxylic acids is 1. The molecule has 1 fully saturated rings. The fourth-order valence-corrected chi connectivity index (χ4v) is 4.28. The Labute approximate surface area is 191 Å². The van der Waals surface area contributed by atoms with Crippen molar-refractivity contribution in [3.8, 4) is 17.1 Å². The molecule has 3 heterocycles. The van der Waals surface area contributed by atoms with Gasteiger partial charge >= 0.3 is 0 Å². The average Bonchev–Trinajstić information content (AvgIpc) is 3.50. The summed E-state index contributed by atoms with van der Waals surface area (Å²) in [6.07, 6.45) is 4.83. The molecule has 1 amide bonds. The number of para-hydroxylation sites is 1. The van der Waals surface area contributed by atoms with E-state index in [2.05, 4.69) is 10.3 Å². The Morgan fingerprint density at radius 3 is 2.61 bits per heavy atom. The number of piperidine rings is 1. The predicted octanol–water partition coefficient (Wildman–Crippen LogP) is 4.13. The molecule has 4 aromatic rings. The summed E-state index contributed by atoms with van der Waals surface area (Å²) in [6.45, 7) is 0.483. The van der Waals surface area contributed by atoms with Crippen molar-refractivity contribution in [3.05, 3.63) is 84.0 Å². The van der Waals surface area contributed by atoms with Crippen LogP contribution in [0.3, 0.4) is 0 Å². The molecule has 1 saturated heterocycles. The maximum atomic E-state index is 12.4. The lowest BCUT2D eigenvalue weighted by atomic mass is 9.85. The van der Waals surface area contributed by atoms with Gasteiger partial charge in [-0.2, -0.15) is 10.1 Å². The third-order valence-electron chi connectivity index (χ3n) is 6.05. The van der Waals surface area contributed by atoms with Gasteiger partial charge in [-0.05, 0) is 24.1 Å². The minimum atomic E-state index is -0.189. The summed E-state index contributed by atoms with van der Waals surface area (Å²) in [6, 6.07) is 17.5. The Morgan fingerprint density at radius 1 is 1.09 bits per heavy atom. The molecule has 2 aromatic carbocycles. The molecule has 0 saturated carbocycles. The van der Waals surface area contributed by atoms with Crippen LogP contribution in [0.25, 0.3) is 11.4 Å². The van der Waals surface area contributed by atoms with Crippen molar-refractivity contribution >= 4 is 5.91 Å². The van der Waals surface area contributed by atoms with Crippen LogP contribution in [-0.4, -0.2) is 37.8 Å². The van der Waals surface area contributed by atoms with Gasteiger partial charge in [-0.15, -0.1) is 0 Å². The molecule has 168 valence electrons. The fraction of sp³-hybridized carbons (Fsp3) is 0.280. The number of benzene rings is 2. The van der Waals surface area contributed by atoms with Crippen LogP contribution in [0, 0.1) is 0 Å². The van der Waals surface area contributed by atoms with Gasteiger partial charge in [-0.25, -0.2) is 0 Å². The minimum absolute atomic E-state index is 0.0864. The van der Waals surface area contributed by atoms with Crippen LogP contribution in [0.4, 0.5) is 0 Å². The van der Waals surface area contributed by atoms with Crippen LogP contribution < -0.4 is 4.74 Å². The predicted molar refractivity (Wildman–Crippen MR) is 121 cm³/mol. The van der Waals surface area contributed by atoms with Gasteiger partial charge in [-0.1, -0.05) is 47.6 Å². The van der Waals surface area contributed by atoms with E-state index < -0.39 is 0 Å². The van der Waals surface area contributed by atoms with E-state index in [1.54, 1.807) is 15.8 Å². The highest BCUT2D eigenvalue weighted by Gasteiger charge is 2.39. The highest BCUT2D eigenvalue weighted by atomic mass is 16.5. The molecule has 0 spiro atoms. The zero-order valence-electron chi connectivity index (χ0n) is 18.6. The van der Waals surface area contributed by atoms with Gasteiger partial charge in [-0.3, -0.25) is 9.48 Å². The summed E-state index contributed by atoms with van der Waals surface area (Å²) in [4.78, 5) is 18.8. The Balaban J connectivity index is 1.33. The number of carbonyl (C=O) groups is 1. The number of aromatic nitrogens is 4. The molecule has 1 aliphatic heterocycles. The summed E-state index contributed by atoms with van der Waals surface area (Å²) >= 11 is 0. The minimum Gasteiger partial charge on any atom is -0.489 e. The first-order valence-corrected chi connectivity index (χ1v) is 10.9. The second kappa shape index (κ2) is 8.90. The number of amides is 1. The number of likely N-dealkylation sites (N-methyl/N-ethyl adjacent to an activating group) is 1. The molecule has 2 aromatic heterocycles. The first-order valence-electron chi connectivity index (χ1n) is 10.9. The summed E-state index contributed by atoms with van der Waals surface area (Å²) in [5.41, 5.74) is 2.88. The lowest BCUT2D eigenvalue weighted by Gasteiger charge is -2.36. The van der Waals surface area contributed by atoms with Crippen LogP contribution >= 0.6 is 0 Å². The van der Waals surface area contributed by atoms with Crippen LogP contribution in [0.15, 0.2) is 71.5 Å². The van der Waals surface area contributed by atoms with E-state index in [-0.39, 0.29) is 17.9 Å². The maximum absolute atomic E-state index is 12.4. The summed E-state index contributed by atoms with van der Waals surface area (Å²) in [5.74, 6) is 1.92. The Morgan fingerprint density at radius 2 is 1.88 bits per heavy atom. The van der Waals surface area contributed by atoms with E-state index in [0.29, 0.717) is 31.2 Å². The number of rotatable bonds is 6. The highest BCUT2D eigenvalue weighted by molar-refractivity contribution is 5.77. The SMILES string of the molecule is CN1C(=O)CC[C@H](c2nc(-c3ccc(COc4ccccc4)cc3)no2)[C@H]1c1cnn(C)c1. The number of likely N-dealkylation sites (tertiary alicyclic amines) is 1. The molecule has 8 heteroatoms. The maximum Gasteiger partial charge on any atom is 0.232 e. The van der Waals surface area contributed by atoms with Crippen LogP contribution in [0.5, 0.6) is 5.75 Å². The zero-order chi connectivity index (χ0) is 22.8. The van der Waals surface area contributed by atoms with Gasteiger partial charge in [0.25, 0.3) is 0 Å². The van der Waals surface area contributed by atoms with E-state index in [4.69, 9.17) is 14.2 Å². The molecule has 8 nitrogen and oxygen atoms in total. The van der Waals surface area contributed by atoms with Gasteiger partial charge in [0.15, 0.2) is 0 Å². The van der Waals surface area contributed by atoms with Crippen molar-refractivity contribution in [1.29, 1.82) is 0 Å². The highest BCUT2D eigenvalue weighted by Crippen LogP contribution is 2.41. The molecule has 0 radical (unpaired) electrons. The van der Waals surface area contributed by atoms with Gasteiger partial charge in [0.2, 0.25) is 17.6 Å². The molecule has 33 heavy (non-hydrogen) atoms. The van der Waals surface area contributed by atoms with Crippen molar-refractivity contribution in [2.45, 2.75) is 31.4 Å². The Bertz CT molecular complexity index is 1230. The van der Waals surface area contributed by atoms with E-state index in [1.807, 2.05) is 74.9 Å². The molecule has 0 N–H and O–H groups in total. The molecule has 0 aliphatic carbocycles. The van der Waals surface area contributed by atoms with Gasteiger partial charge in [0.1, 0.15) is 12.4 Å². The van der Waals surface area contributed by atoms with Gasteiger partial charge in [0.05, 0.1) is 18.2 Å². The van der Waals surface area contributed by atoms with Crippen LogP contribution in [-0.2, 0) is 18.4 Å². The van der Waals surface area contributed by atoms with Crippen molar-refractivity contribution in [3.63, 3.8) is 0 Å². The molecular weight excluding hydrogens is 418 g/mol. The third-order valence-corrected chi connectivity index (χ3v) is 6.05. The second-order valence-electron chi connectivity index (χ2n) is 8.30. The quantitative estimate of drug-likeness (QED) is 0.445. The fourth-order valence-electron chi connectivity index (χ4n) is 4.28. The summed E-state index contributed by atoms with van der Waals surface area (Å²) in [7, 11) is 3.68. The normalized spacial score (nSPS) is 18.5. The van der Waals surface area contributed by atoms with Crippen molar-refractivity contribution in [1.82, 2.24) is 24.8 Å². The number of hydrogen-bond donors (Lipinski definition) is 0. The first kappa shape index (κ1) is 20.9. The summed E-state index contributed by atoms with van der Waals surface area (Å²) in [5, 5.41) is 8.50. The molecule has 2 atom stereocenters. The average molecular weight is 444 g/mol. The first-order chi connectivity index (χ1) is 16.1. The number of hydrogen-bond acceptors (Lipinski definition) is 6. The van der Waals surface area contributed by atoms with E-state index >= 15 is 0 Å². The van der Waals surface area contributed by atoms with Crippen LogP contribution in [0.2, 0.25) is 0 Å². The Kier molecular flexibility index (Phi) is 5.64. The van der Waals surface area contributed by atoms with E-state index in [1.165, 1.54) is 0 Å². The van der Waals surface area contributed by atoms with Crippen molar-refractivity contribution in [2.24, 2.45) is 7.05 Å². The summed E-state index contributed by atoms with van der Waals surface area (Å²) < 4.78 is 13.2. The lowest BCUT2D eigenvalue weighted by Crippen LogP contribution is -2.39. The van der Waals surface area contributed by atoms with Gasteiger partial charge < -0.3 is 14.2 Å². The Hall–Kier alpha value is -3.94.